The highest BCUT2D eigenvalue weighted by Crippen LogP contribution is 2.13. The van der Waals surface area contributed by atoms with Crippen LogP contribution in [0.15, 0.2) is 18.3 Å². The molecule has 0 bridgehead atoms. The lowest BCUT2D eigenvalue weighted by atomic mass is 10.0. The SMILES string of the molecule is CCOC(=O)N[C@@H](C(=O)Nc1ccc(N(C)C)nc1)C(C)C. The van der Waals surface area contributed by atoms with Crippen molar-refractivity contribution in [3.05, 3.63) is 18.3 Å². The van der Waals surface area contributed by atoms with Gasteiger partial charge in [-0.3, -0.25) is 4.79 Å². The molecule has 1 rings (SSSR count). The van der Waals surface area contributed by atoms with E-state index in [-0.39, 0.29) is 18.4 Å². The van der Waals surface area contributed by atoms with Gasteiger partial charge in [-0.2, -0.15) is 0 Å². The molecule has 0 fully saturated rings. The number of anilines is 2. The molecule has 0 saturated heterocycles. The van der Waals surface area contributed by atoms with Crippen molar-refractivity contribution in [2.75, 3.05) is 30.9 Å². The molecule has 0 aliphatic rings. The van der Waals surface area contributed by atoms with Crippen LogP contribution in [-0.2, 0) is 9.53 Å². The molecule has 0 unspecified atom stereocenters. The Hall–Kier alpha value is -2.31. The summed E-state index contributed by atoms with van der Waals surface area (Å²) in [6.07, 6.45) is 0.979. The average Bonchev–Trinajstić information content (AvgIpc) is 2.45. The van der Waals surface area contributed by atoms with Gasteiger partial charge >= 0.3 is 6.09 Å². The number of hydrogen-bond donors (Lipinski definition) is 2. The van der Waals surface area contributed by atoms with Gasteiger partial charge in [0, 0.05) is 14.1 Å². The Morgan fingerprint density at radius 3 is 2.45 bits per heavy atom. The van der Waals surface area contributed by atoms with Crippen molar-refractivity contribution in [3.8, 4) is 0 Å². The normalized spacial score (nSPS) is 11.7. The predicted octanol–water partition coefficient (Wildman–Crippen LogP) is 1.86. The van der Waals surface area contributed by atoms with Gasteiger partial charge in [0.25, 0.3) is 0 Å². The van der Waals surface area contributed by atoms with Crippen molar-refractivity contribution in [1.82, 2.24) is 10.3 Å². The summed E-state index contributed by atoms with van der Waals surface area (Å²) in [4.78, 5) is 29.9. The van der Waals surface area contributed by atoms with Crippen molar-refractivity contribution in [3.63, 3.8) is 0 Å². The van der Waals surface area contributed by atoms with E-state index in [1.54, 1.807) is 25.3 Å². The van der Waals surface area contributed by atoms with E-state index in [2.05, 4.69) is 15.6 Å². The highest BCUT2D eigenvalue weighted by molar-refractivity contribution is 5.96. The largest absolute Gasteiger partial charge is 0.450 e. The number of aromatic nitrogens is 1. The molecule has 7 heteroatoms. The first-order chi connectivity index (χ1) is 10.3. The van der Waals surface area contributed by atoms with Crippen molar-refractivity contribution >= 4 is 23.5 Å². The molecule has 0 aliphatic heterocycles. The van der Waals surface area contributed by atoms with Crippen molar-refractivity contribution < 1.29 is 14.3 Å². The zero-order valence-electron chi connectivity index (χ0n) is 13.7. The molecule has 1 atom stereocenters. The lowest BCUT2D eigenvalue weighted by Crippen LogP contribution is -2.47. The lowest BCUT2D eigenvalue weighted by molar-refractivity contribution is -0.119. The molecule has 1 heterocycles. The maximum absolute atomic E-state index is 12.3. The molecule has 2 N–H and O–H groups in total. The van der Waals surface area contributed by atoms with Crippen LogP contribution < -0.4 is 15.5 Å². The standard InChI is InChI=1S/C15H24N4O3/c1-6-22-15(21)18-13(10(2)3)14(20)17-11-7-8-12(16-9-11)19(4)5/h7-10,13H,6H2,1-5H3,(H,17,20)(H,18,21)/t13-/m1/s1. The number of carbonyl (C=O) groups is 2. The van der Waals surface area contributed by atoms with Crippen molar-refractivity contribution in [2.24, 2.45) is 5.92 Å². The van der Waals surface area contributed by atoms with Crippen LogP contribution in [0.25, 0.3) is 0 Å². The van der Waals surface area contributed by atoms with Crippen LogP contribution in [0.2, 0.25) is 0 Å². The molecular weight excluding hydrogens is 284 g/mol. The summed E-state index contributed by atoms with van der Waals surface area (Å²) in [7, 11) is 3.78. The third-order valence-electron chi connectivity index (χ3n) is 2.97. The van der Waals surface area contributed by atoms with E-state index in [9.17, 15) is 9.59 Å². The number of nitrogens with zero attached hydrogens (tertiary/aromatic N) is 2. The first-order valence-corrected chi connectivity index (χ1v) is 7.22. The average molecular weight is 308 g/mol. The van der Waals surface area contributed by atoms with E-state index in [0.717, 1.165) is 5.82 Å². The van der Waals surface area contributed by atoms with Crippen LogP contribution in [0.4, 0.5) is 16.3 Å². The number of alkyl carbamates (subject to hydrolysis) is 1. The molecule has 0 radical (unpaired) electrons. The maximum Gasteiger partial charge on any atom is 0.407 e. The Morgan fingerprint density at radius 2 is 2.00 bits per heavy atom. The summed E-state index contributed by atoms with van der Waals surface area (Å²) >= 11 is 0. The van der Waals surface area contributed by atoms with Gasteiger partial charge in [-0.05, 0) is 25.0 Å². The smallest absolute Gasteiger partial charge is 0.407 e. The lowest BCUT2D eigenvalue weighted by Gasteiger charge is -2.21. The van der Waals surface area contributed by atoms with Crippen LogP contribution in [0.3, 0.4) is 0 Å². The summed E-state index contributed by atoms with van der Waals surface area (Å²) in [5.41, 5.74) is 0.576. The summed E-state index contributed by atoms with van der Waals surface area (Å²) in [5.74, 6) is 0.420. The molecule has 22 heavy (non-hydrogen) atoms. The first-order valence-electron chi connectivity index (χ1n) is 7.22. The van der Waals surface area contributed by atoms with Gasteiger partial charge in [-0.25, -0.2) is 9.78 Å². The predicted molar refractivity (Wildman–Crippen MR) is 86.0 cm³/mol. The zero-order chi connectivity index (χ0) is 16.7. The third-order valence-corrected chi connectivity index (χ3v) is 2.97. The minimum absolute atomic E-state index is 0.0709. The minimum atomic E-state index is -0.674. The molecule has 7 nitrogen and oxygen atoms in total. The molecule has 0 aromatic carbocycles. The van der Waals surface area contributed by atoms with Gasteiger partial charge in [-0.15, -0.1) is 0 Å². The minimum Gasteiger partial charge on any atom is -0.450 e. The Bertz CT molecular complexity index is 500. The second-order valence-corrected chi connectivity index (χ2v) is 5.38. The van der Waals surface area contributed by atoms with Crippen LogP contribution in [-0.4, -0.2) is 43.7 Å². The van der Waals surface area contributed by atoms with E-state index in [0.29, 0.717) is 5.69 Å². The molecule has 0 spiro atoms. The molecule has 122 valence electrons. The quantitative estimate of drug-likeness (QED) is 0.838. The highest BCUT2D eigenvalue weighted by Gasteiger charge is 2.24. The fourth-order valence-electron chi connectivity index (χ4n) is 1.78. The van der Waals surface area contributed by atoms with Gasteiger partial charge in [-0.1, -0.05) is 13.8 Å². The highest BCUT2D eigenvalue weighted by atomic mass is 16.5. The third kappa shape index (κ3) is 5.23. The Balaban J connectivity index is 2.72. The second-order valence-electron chi connectivity index (χ2n) is 5.38. The molecule has 0 aliphatic carbocycles. The van der Waals surface area contributed by atoms with Gasteiger partial charge < -0.3 is 20.3 Å². The van der Waals surface area contributed by atoms with Crippen molar-refractivity contribution in [2.45, 2.75) is 26.8 Å². The van der Waals surface area contributed by atoms with E-state index in [1.807, 2.05) is 32.8 Å². The Labute approximate surface area is 131 Å². The summed E-state index contributed by atoms with van der Waals surface area (Å²) in [5, 5.41) is 5.31. The molecule has 0 saturated carbocycles. The maximum atomic E-state index is 12.3. The Morgan fingerprint density at radius 1 is 1.32 bits per heavy atom. The van der Waals surface area contributed by atoms with Gasteiger partial charge in [0.05, 0.1) is 18.5 Å². The number of amides is 2. The van der Waals surface area contributed by atoms with Crippen LogP contribution in [0.5, 0.6) is 0 Å². The molecule has 2 amide bonds. The summed E-state index contributed by atoms with van der Waals surface area (Å²) in [6.45, 7) is 5.67. The molecule has 1 aromatic heterocycles. The molecule has 1 aromatic rings. The van der Waals surface area contributed by atoms with E-state index >= 15 is 0 Å². The summed E-state index contributed by atoms with van der Waals surface area (Å²) in [6, 6.07) is 2.90. The first kappa shape index (κ1) is 17.7. The number of nitrogens with one attached hydrogen (secondary N) is 2. The zero-order valence-corrected chi connectivity index (χ0v) is 13.7. The van der Waals surface area contributed by atoms with E-state index in [4.69, 9.17) is 4.74 Å². The number of pyridine rings is 1. The summed E-state index contributed by atoms with van der Waals surface area (Å²) < 4.78 is 4.82. The topological polar surface area (TPSA) is 83.6 Å². The van der Waals surface area contributed by atoms with Crippen LogP contribution >= 0.6 is 0 Å². The van der Waals surface area contributed by atoms with Gasteiger partial charge in [0.2, 0.25) is 5.91 Å². The molecular formula is C15H24N4O3. The number of ether oxygens (including phenoxy) is 1. The van der Waals surface area contributed by atoms with Crippen LogP contribution in [0, 0.1) is 5.92 Å². The number of hydrogen-bond acceptors (Lipinski definition) is 5. The number of carbonyl (C=O) groups excluding carboxylic acids is 2. The van der Waals surface area contributed by atoms with Gasteiger partial charge in [0.15, 0.2) is 0 Å². The van der Waals surface area contributed by atoms with E-state index in [1.165, 1.54) is 0 Å². The second kappa shape index (κ2) is 8.21. The fourth-order valence-corrected chi connectivity index (χ4v) is 1.78. The van der Waals surface area contributed by atoms with E-state index < -0.39 is 12.1 Å². The van der Waals surface area contributed by atoms with Crippen LogP contribution in [0.1, 0.15) is 20.8 Å². The van der Waals surface area contributed by atoms with Crippen molar-refractivity contribution in [1.29, 1.82) is 0 Å². The van der Waals surface area contributed by atoms with Gasteiger partial charge in [0.1, 0.15) is 11.9 Å². The Kier molecular flexibility index (Phi) is 6.62. The monoisotopic (exact) mass is 308 g/mol. The fraction of sp³-hybridized carbons (Fsp3) is 0.533. The number of rotatable bonds is 6.